The van der Waals surface area contributed by atoms with Crippen molar-refractivity contribution in [3.8, 4) is 0 Å². The summed E-state index contributed by atoms with van der Waals surface area (Å²) in [6.45, 7) is 65.5. The molecule has 6 rings (SSSR count). The summed E-state index contributed by atoms with van der Waals surface area (Å²) in [4.78, 5) is 26.8. The molecule has 0 aromatic heterocycles. The van der Waals surface area contributed by atoms with E-state index in [2.05, 4.69) is 174 Å². The smallest absolute Gasteiger partial charge is 0.152 e. The lowest BCUT2D eigenvalue weighted by Crippen LogP contribution is -2.56. The number of nitrogens with zero attached hydrogens (tertiary/aromatic N) is 6. The summed E-state index contributed by atoms with van der Waals surface area (Å²) < 4.78 is 0. The van der Waals surface area contributed by atoms with Crippen LogP contribution in [0.15, 0.2) is 12.2 Å². The van der Waals surface area contributed by atoms with E-state index in [9.17, 15) is 4.79 Å². The maximum atomic E-state index is 11.6. The Morgan fingerprint density at radius 1 is 0.470 bits per heavy atom. The average molecular weight is 930 g/mol. The molecular weight excluding hydrogens is 809 g/mol. The van der Waals surface area contributed by atoms with Gasteiger partial charge in [-0.25, -0.2) is 0 Å². The predicted octanol–water partition coefficient (Wildman–Crippen LogP) is 14.1. The van der Waals surface area contributed by atoms with Crippen LogP contribution >= 0.6 is 0 Å². The van der Waals surface area contributed by atoms with Crippen molar-refractivity contribution >= 4 is 5.78 Å². The molecule has 0 aromatic carbocycles. The topological polar surface area (TPSA) is 36.5 Å². The predicted molar refractivity (Wildman–Crippen MR) is 294 cm³/mol. The molecule has 0 unspecified atom stereocenters. The van der Waals surface area contributed by atoms with Gasteiger partial charge in [0, 0.05) is 79.9 Å². The molecule has 0 radical (unpaired) electrons. The number of hydrogen-bond donors (Lipinski definition) is 0. The highest BCUT2D eigenvalue weighted by Gasteiger charge is 2.38. The van der Waals surface area contributed by atoms with Crippen LogP contribution in [0.25, 0.3) is 0 Å². The largest absolute Gasteiger partial charge is 0.301 e. The summed E-state index contributed by atoms with van der Waals surface area (Å²) in [5.74, 6) is 2.25. The second-order valence-electron chi connectivity index (χ2n) is 26.2. The molecule has 0 spiro atoms. The Morgan fingerprint density at radius 2 is 0.909 bits per heavy atom. The fraction of sp³-hybridized carbons (Fsp3) is 0.949. The van der Waals surface area contributed by atoms with Gasteiger partial charge in [0.15, 0.2) is 5.78 Å². The second kappa shape index (κ2) is 29.5. The Bertz CT molecular complexity index is 1300. The zero-order chi connectivity index (χ0) is 50.8. The van der Waals surface area contributed by atoms with E-state index in [1.807, 2.05) is 13.8 Å². The van der Waals surface area contributed by atoms with Gasteiger partial charge in [-0.1, -0.05) is 46.3 Å². The van der Waals surface area contributed by atoms with Crippen molar-refractivity contribution in [2.75, 3.05) is 58.9 Å². The summed E-state index contributed by atoms with van der Waals surface area (Å²) in [6.07, 6.45) is 16.9. The minimum atomic E-state index is -0.230. The van der Waals surface area contributed by atoms with Crippen LogP contribution in [0.2, 0.25) is 0 Å². The number of carbonyl (C=O) groups excluding carboxylic acids is 1. The van der Waals surface area contributed by atoms with Crippen LogP contribution in [0.5, 0.6) is 0 Å². The van der Waals surface area contributed by atoms with E-state index in [4.69, 9.17) is 0 Å². The minimum Gasteiger partial charge on any atom is -0.301 e. The first-order valence-electron chi connectivity index (χ1n) is 28.1. The molecule has 6 fully saturated rings. The van der Waals surface area contributed by atoms with Crippen molar-refractivity contribution in [2.45, 2.75) is 289 Å². The van der Waals surface area contributed by atoms with Crippen LogP contribution in [0.1, 0.15) is 236 Å². The highest BCUT2D eigenvalue weighted by atomic mass is 16.1. The second-order valence-corrected chi connectivity index (χ2v) is 26.2. The fourth-order valence-corrected chi connectivity index (χ4v) is 11.6. The van der Waals surface area contributed by atoms with Gasteiger partial charge in [0.1, 0.15) is 0 Å². The Balaban J connectivity index is 0.000000397. The van der Waals surface area contributed by atoms with E-state index in [-0.39, 0.29) is 5.54 Å². The molecule has 66 heavy (non-hydrogen) atoms. The lowest BCUT2D eigenvalue weighted by molar-refractivity contribution is -0.134. The molecule has 2 atom stereocenters. The van der Waals surface area contributed by atoms with Crippen LogP contribution in [0.4, 0.5) is 0 Å². The molecular formula is C59H120N6O. The molecule has 0 saturated carbocycles. The van der Waals surface area contributed by atoms with Gasteiger partial charge in [-0.15, -0.1) is 0 Å². The standard InChI is InChI=1S/C11H21N.C10H19NO.2C10H21N.2C9H19N/c1-9(2)12-8-10(3)6-7-11(12,4)5;1-8(2)11-7-5-6-9(12)10(11,3)4;1-9(2)11-7-5-6-10(3,4)8-11;1-9(2)11-8-6-5-7-10(11,3)4;2*1-8(2)10-6-4-5-9(3)7-10/h9H,3,6-8H2,1-2,4-5H3;8H,5-7H2,1-4H3;2*9H,5-8H2,1-4H3;2*8-9H,4-7H2,1-3H3/t;;;;2*9-/m....10/s1. The van der Waals surface area contributed by atoms with Crippen LogP contribution in [0.3, 0.4) is 0 Å². The molecule has 0 N–H and O–H groups in total. The average Bonchev–Trinajstić information content (AvgIpc) is 3.20. The molecule has 6 saturated heterocycles. The van der Waals surface area contributed by atoms with E-state index in [1.165, 1.54) is 122 Å². The van der Waals surface area contributed by atoms with E-state index >= 15 is 0 Å². The normalized spacial score (nSPS) is 26.6. The van der Waals surface area contributed by atoms with Crippen molar-refractivity contribution in [2.24, 2.45) is 17.3 Å². The Hall–Kier alpha value is -0.830. The van der Waals surface area contributed by atoms with Gasteiger partial charge in [0.2, 0.25) is 0 Å². The minimum absolute atomic E-state index is 0.230. The Kier molecular flexibility index (Phi) is 28.2. The zero-order valence-electron chi connectivity index (χ0n) is 49.0. The van der Waals surface area contributed by atoms with Crippen LogP contribution < -0.4 is 0 Å². The number of carbonyl (C=O) groups is 1. The lowest BCUT2D eigenvalue weighted by atomic mass is 9.84. The van der Waals surface area contributed by atoms with Gasteiger partial charge in [-0.2, -0.15) is 0 Å². The van der Waals surface area contributed by atoms with E-state index < -0.39 is 0 Å². The SMILES string of the molecule is C=C1CCC(C)(C)N(C(C)C)C1.CC(C)N1CCCC(=O)C1(C)C.CC(C)N1CCCC(C)(C)C1.CC(C)N1CCCCC1(C)C.CC(C)N1CCC[C@@H](C)C1.CC(C)N1CCC[C@H](C)C1. The third kappa shape index (κ3) is 22.9. The summed E-state index contributed by atoms with van der Waals surface area (Å²) in [5, 5.41) is 0. The van der Waals surface area contributed by atoms with Crippen LogP contribution in [0, 0.1) is 17.3 Å². The third-order valence-corrected chi connectivity index (χ3v) is 16.0. The molecule has 0 amide bonds. The molecule has 6 aliphatic heterocycles. The number of ketones is 1. The zero-order valence-corrected chi connectivity index (χ0v) is 49.0. The quantitative estimate of drug-likeness (QED) is 0.246. The van der Waals surface area contributed by atoms with Crippen LogP contribution in [-0.4, -0.2) is 147 Å². The molecule has 6 heterocycles. The molecule has 0 aliphatic carbocycles. The lowest BCUT2D eigenvalue weighted by Gasteiger charge is -2.45. The van der Waals surface area contributed by atoms with Gasteiger partial charge in [-0.05, 0) is 245 Å². The Labute approximate surface area is 415 Å². The molecule has 392 valence electrons. The molecule has 6 aliphatic rings. The first-order chi connectivity index (χ1) is 30.3. The monoisotopic (exact) mass is 929 g/mol. The number of hydrogen-bond acceptors (Lipinski definition) is 7. The van der Waals surface area contributed by atoms with Gasteiger partial charge in [0.05, 0.1) is 5.54 Å². The van der Waals surface area contributed by atoms with Crippen molar-refractivity contribution in [1.82, 2.24) is 29.4 Å². The summed E-state index contributed by atoms with van der Waals surface area (Å²) in [5.41, 5.74) is 2.54. The highest BCUT2D eigenvalue weighted by molar-refractivity contribution is 5.88. The number of rotatable bonds is 6. The maximum Gasteiger partial charge on any atom is 0.152 e. The molecule has 0 bridgehead atoms. The number of likely N-dealkylation sites (tertiary alicyclic amines) is 6. The van der Waals surface area contributed by atoms with Gasteiger partial charge in [0.25, 0.3) is 0 Å². The van der Waals surface area contributed by atoms with Gasteiger partial charge < -0.3 is 14.7 Å². The summed E-state index contributed by atoms with van der Waals surface area (Å²) >= 11 is 0. The van der Waals surface area contributed by atoms with Gasteiger partial charge >= 0.3 is 0 Å². The highest BCUT2D eigenvalue weighted by Crippen LogP contribution is 2.32. The van der Waals surface area contributed by atoms with Crippen molar-refractivity contribution in [1.29, 1.82) is 0 Å². The Morgan fingerprint density at radius 3 is 1.24 bits per heavy atom. The van der Waals surface area contributed by atoms with Crippen molar-refractivity contribution in [3.05, 3.63) is 12.2 Å². The third-order valence-electron chi connectivity index (χ3n) is 16.0. The first kappa shape index (κ1) is 63.2. The van der Waals surface area contributed by atoms with Gasteiger partial charge in [-0.3, -0.25) is 19.5 Å². The first-order valence-corrected chi connectivity index (χ1v) is 28.1. The van der Waals surface area contributed by atoms with Crippen molar-refractivity contribution in [3.63, 3.8) is 0 Å². The summed E-state index contributed by atoms with van der Waals surface area (Å²) in [7, 11) is 0. The maximum absolute atomic E-state index is 11.6. The van der Waals surface area contributed by atoms with E-state index in [1.54, 1.807) is 0 Å². The molecule has 0 aromatic rings. The number of piperidine rings is 6. The summed E-state index contributed by atoms with van der Waals surface area (Å²) in [6, 6.07) is 4.06. The number of Topliss-reactive ketones (excluding diaryl/α,β-unsaturated/α-hetero) is 1. The van der Waals surface area contributed by atoms with E-state index in [0.717, 1.165) is 55.9 Å². The van der Waals surface area contributed by atoms with Crippen molar-refractivity contribution < 1.29 is 4.79 Å². The molecule has 7 nitrogen and oxygen atoms in total. The molecule has 7 heteroatoms. The van der Waals surface area contributed by atoms with E-state index in [0.29, 0.717) is 40.4 Å². The fourth-order valence-electron chi connectivity index (χ4n) is 11.6. The van der Waals surface area contributed by atoms with Crippen LogP contribution in [-0.2, 0) is 4.79 Å².